The quantitative estimate of drug-likeness (QED) is 0.702. The van der Waals surface area contributed by atoms with Gasteiger partial charge in [-0.05, 0) is 37.1 Å². The maximum absolute atomic E-state index is 4.35. The predicted octanol–water partition coefficient (Wildman–Crippen LogP) is 4.79. The van der Waals surface area contributed by atoms with Crippen molar-refractivity contribution in [3.8, 4) is 0 Å². The first-order valence-electron chi connectivity index (χ1n) is 6.68. The van der Waals surface area contributed by atoms with Gasteiger partial charge in [-0.15, -0.1) is 0 Å². The van der Waals surface area contributed by atoms with E-state index in [-0.39, 0.29) is 5.41 Å². The lowest BCUT2D eigenvalue weighted by atomic mass is 9.81. The van der Waals surface area contributed by atoms with E-state index in [2.05, 4.69) is 81.1 Å². The Balaban J connectivity index is 2.21. The highest BCUT2D eigenvalue weighted by Gasteiger charge is 2.43. The molecule has 96 valence electrons. The summed E-state index contributed by atoms with van der Waals surface area (Å²) in [5.74, 6) is 0. The van der Waals surface area contributed by atoms with E-state index in [1.807, 2.05) is 0 Å². The maximum atomic E-state index is 4.35. The Kier molecular flexibility index (Phi) is 2.67. The van der Waals surface area contributed by atoms with Crippen LogP contribution in [0.2, 0.25) is 0 Å². The number of hydrogen-bond donors (Lipinski definition) is 0. The lowest BCUT2D eigenvalue weighted by molar-refractivity contribution is 0.587. The van der Waals surface area contributed by atoms with Crippen molar-refractivity contribution in [1.29, 1.82) is 0 Å². The predicted molar refractivity (Wildman–Crippen MR) is 81.4 cm³/mol. The van der Waals surface area contributed by atoms with Crippen LogP contribution in [-0.2, 0) is 5.41 Å². The number of hydrogen-bond acceptors (Lipinski definition) is 1. The van der Waals surface area contributed by atoms with E-state index >= 15 is 0 Å². The third kappa shape index (κ3) is 1.68. The average Bonchev–Trinajstić information content (AvgIpc) is 2.60. The van der Waals surface area contributed by atoms with Crippen LogP contribution in [0.25, 0.3) is 0 Å². The van der Waals surface area contributed by atoms with E-state index in [4.69, 9.17) is 0 Å². The van der Waals surface area contributed by atoms with Gasteiger partial charge in [-0.2, -0.15) is 0 Å². The molecule has 0 unspecified atom stereocenters. The van der Waals surface area contributed by atoms with Gasteiger partial charge in [0.2, 0.25) is 0 Å². The minimum Gasteiger partial charge on any atom is -0.332 e. The van der Waals surface area contributed by atoms with Crippen molar-refractivity contribution >= 4 is 11.4 Å². The fraction of sp³-hybridized carbons (Fsp3) is 0.222. The van der Waals surface area contributed by atoms with Gasteiger partial charge in [-0.3, -0.25) is 0 Å². The van der Waals surface area contributed by atoms with Crippen molar-refractivity contribution in [2.45, 2.75) is 26.2 Å². The molecule has 0 fully saturated rings. The SMILES string of the molecule is [CH2][C]1N(c2ccccc2C)c2ccccc2C1(C)C. The minimum absolute atomic E-state index is 0.0150. The lowest BCUT2D eigenvalue weighted by Gasteiger charge is -2.31. The molecule has 3 rings (SSSR count). The fourth-order valence-corrected chi connectivity index (χ4v) is 2.87. The summed E-state index contributed by atoms with van der Waals surface area (Å²) >= 11 is 0. The molecule has 1 aliphatic rings. The van der Waals surface area contributed by atoms with E-state index in [1.54, 1.807) is 0 Å². The molecule has 1 heterocycles. The molecule has 1 aliphatic heterocycles. The second-order valence-electron chi connectivity index (χ2n) is 5.71. The topological polar surface area (TPSA) is 3.24 Å². The highest BCUT2D eigenvalue weighted by Crippen LogP contribution is 2.52. The van der Waals surface area contributed by atoms with Gasteiger partial charge in [0.25, 0.3) is 0 Å². The van der Waals surface area contributed by atoms with Gasteiger partial charge in [0.1, 0.15) is 0 Å². The summed E-state index contributed by atoms with van der Waals surface area (Å²) in [4.78, 5) is 2.30. The first kappa shape index (κ1) is 12.3. The van der Waals surface area contributed by atoms with E-state index in [0.29, 0.717) is 0 Å². The molecule has 0 atom stereocenters. The lowest BCUT2D eigenvalue weighted by Crippen LogP contribution is -2.28. The van der Waals surface area contributed by atoms with Gasteiger partial charge in [-0.25, -0.2) is 0 Å². The zero-order chi connectivity index (χ0) is 13.6. The van der Waals surface area contributed by atoms with Gasteiger partial charge in [0, 0.05) is 16.8 Å². The molecule has 0 saturated heterocycles. The van der Waals surface area contributed by atoms with Crippen LogP contribution < -0.4 is 4.90 Å². The monoisotopic (exact) mass is 249 g/mol. The Labute approximate surface area is 115 Å². The summed E-state index contributed by atoms with van der Waals surface area (Å²) in [5.41, 5.74) is 5.09. The van der Waals surface area contributed by atoms with Gasteiger partial charge in [-0.1, -0.05) is 50.2 Å². The van der Waals surface area contributed by atoms with Crippen LogP contribution in [0.5, 0.6) is 0 Å². The number of aryl methyl sites for hydroxylation is 1. The van der Waals surface area contributed by atoms with Crippen LogP contribution in [0.1, 0.15) is 25.0 Å². The van der Waals surface area contributed by atoms with E-state index < -0.39 is 0 Å². The van der Waals surface area contributed by atoms with Crippen molar-refractivity contribution in [2.75, 3.05) is 4.90 Å². The Morgan fingerprint density at radius 1 is 0.895 bits per heavy atom. The molecule has 19 heavy (non-hydrogen) atoms. The molecule has 0 N–H and O–H groups in total. The van der Waals surface area contributed by atoms with Crippen molar-refractivity contribution in [1.82, 2.24) is 0 Å². The molecule has 0 bridgehead atoms. The number of rotatable bonds is 1. The normalized spacial score (nSPS) is 17.6. The van der Waals surface area contributed by atoms with Crippen LogP contribution in [0.15, 0.2) is 48.5 Å². The molecule has 2 aromatic carbocycles. The zero-order valence-corrected chi connectivity index (χ0v) is 11.8. The number of para-hydroxylation sites is 2. The molecule has 0 aliphatic carbocycles. The first-order chi connectivity index (χ1) is 9.03. The Morgan fingerprint density at radius 3 is 2.16 bits per heavy atom. The van der Waals surface area contributed by atoms with E-state index in [9.17, 15) is 0 Å². The highest BCUT2D eigenvalue weighted by atomic mass is 15.2. The molecular weight excluding hydrogens is 230 g/mol. The zero-order valence-electron chi connectivity index (χ0n) is 11.8. The summed E-state index contributed by atoms with van der Waals surface area (Å²) < 4.78 is 0. The second-order valence-corrected chi connectivity index (χ2v) is 5.71. The summed E-state index contributed by atoms with van der Waals surface area (Å²) in [7, 11) is 0. The van der Waals surface area contributed by atoms with E-state index in [0.717, 1.165) is 6.04 Å². The number of fused-ring (bicyclic) bond motifs is 1. The molecule has 2 radical (unpaired) electrons. The molecule has 2 aromatic rings. The summed E-state index contributed by atoms with van der Waals surface area (Å²) in [6.45, 7) is 11.0. The smallest absolute Gasteiger partial charge is 0.0787 e. The van der Waals surface area contributed by atoms with Crippen LogP contribution in [0, 0.1) is 19.9 Å². The molecule has 0 aromatic heterocycles. The third-order valence-corrected chi connectivity index (χ3v) is 4.17. The summed E-state index contributed by atoms with van der Waals surface area (Å²) in [6.07, 6.45) is 0. The van der Waals surface area contributed by atoms with Gasteiger partial charge < -0.3 is 4.90 Å². The van der Waals surface area contributed by atoms with Crippen molar-refractivity contribution in [3.63, 3.8) is 0 Å². The summed E-state index contributed by atoms with van der Waals surface area (Å²) in [5, 5.41) is 0. The highest BCUT2D eigenvalue weighted by molar-refractivity contribution is 5.79. The third-order valence-electron chi connectivity index (χ3n) is 4.17. The van der Waals surface area contributed by atoms with E-state index in [1.165, 1.54) is 22.5 Å². The summed E-state index contributed by atoms with van der Waals surface area (Å²) in [6, 6.07) is 18.2. The molecule has 0 amide bonds. The van der Waals surface area contributed by atoms with Gasteiger partial charge in [0.05, 0.1) is 6.04 Å². The Hall–Kier alpha value is -1.76. The molecule has 1 nitrogen and oxygen atoms in total. The first-order valence-corrected chi connectivity index (χ1v) is 6.68. The molecule has 0 saturated carbocycles. The standard InChI is InChI=1S/C18H19N/c1-13-9-5-7-11-16(13)19-14(2)18(3,4)15-10-6-8-12-17(15)19/h5-12H,2H2,1,3-4H3. The van der Waals surface area contributed by atoms with Crippen molar-refractivity contribution < 1.29 is 0 Å². The van der Waals surface area contributed by atoms with Crippen LogP contribution in [0.3, 0.4) is 0 Å². The number of anilines is 2. The largest absolute Gasteiger partial charge is 0.332 e. The number of nitrogens with zero attached hydrogens (tertiary/aromatic N) is 1. The van der Waals surface area contributed by atoms with Gasteiger partial charge in [0.15, 0.2) is 0 Å². The van der Waals surface area contributed by atoms with Crippen LogP contribution >= 0.6 is 0 Å². The molecule has 1 heteroatoms. The maximum Gasteiger partial charge on any atom is 0.0787 e. The van der Waals surface area contributed by atoms with Gasteiger partial charge >= 0.3 is 0 Å². The molecular formula is C18H19N. The Morgan fingerprint density at radius 2 is 1.47 bits per heavy atom. The minimum atomic E-state index is -0.0150. The van der Waals surface area contributed by atoms with Crippen molar-refractivity contribution in [3.05, 3.63) is 72.6 Å². The van der Waals surface area contributed by atoms with Crippen LogP contribution in [0.4, 0.5) is 11.4 Å². The van der Waals surface area contributed by atoms with Crippen LogP contribution in [-0.4, -0.2) is 0 Å². The Bertz CT molecular complexity index is 613. The second kappa shape index (κ2) is 4.12. The fourth-order valence-electron chi connectivity index (χ4n) is 2.87. The van der Waals surface area contributed by atoms with Crippen molar-refractivity contribution in [2.24, 2.45) is 0 Å². The number of benzene rings is 2. The average molecular weight is 249 g/mol. The molecule has 0 spiro atoms.